The monoisotopic (exact) mass is 433 g/mol. The molecule has 1 aromatic carbocycles. The van der Waals surface area contributed by atoms with E-state index in [0.29, 0.717) is 29.2 Å². The Balaban J connectivity index is 1.64. The van der Waals surface area contributed by atoms with Crippen molar-refractivity contribution < 1.29 is 22.4 Å². The number of amides is 1. The van der Waals surface area contributed by atoms with Crippen LogP contribution in [0.15, 0.2) is 42.6 Å². The predicted molar refractivity (Wildman–Crippen MR) is 109 cm³/mol. The zero-order valence-electron chi connectivity index (χ0n) is 16.9. The van der Waals surface area contributed by atoms with E-state index in [1.165, 1.54) is 41.2 Å². The van der Waals surface area contributed by atoms with Crippen LogP contribution in [0.4, 0.5) is 23.4 Å². The third-order valence-electron chi connectivity index (χ3n) is 5.79. The number of hydrogen-bond acceptors (Lipinski definition) is 2. The molecule has 0 aliphatic heterocycles. The molecule has 1 amide bonds. The number of carbonyl (C=O) groups excluding carboxylic acids is 1. The maximum Gasteiger partial charge on any atom is 0.417 e. The molecule has 31 heavy (non-hydrogen) atoms. The van der Waals surface area contributed by atoms with Crippen molar-refractivity contribution in [3.05, 3.63) is 65.2 Å². The zero-order chi connectivity index (χ0) is 22.0. The second-order valence-corrected chi connectivity index (χ2v) is 8.11. The van der Waals surface area contributed by atoms with E-state index in [-0.39, 0.29) is 24.0 Å². The third kappa shape index (κ3) is 5.06. The van der Waals surface area contributed by atoms with E-state index in [1.54, 1.807) is 0 Å². The van der Waals surface area contributed by atoms with Gasteiger partial charge in [-0.1, -0.05) is 44.2 Å². The first kappa shape index (κ1) is 21.3. The topological polar surface area (TPSA) is 46.4 Å². The SMILES string of the molecule is O=C(Cc1ccc(F)cc1)Nc1nc2ccc(C(F)(F)F)cn2c1CC1CCCCC1. The molecule has 2 heterocycles. The molecule has 4 rings (SSSR count). The number of anilines is 1. The first-order valence-corrected chi connectivity index (χ1v) is 10.4. The Morgan fingerprint density at radius 3 is 2.45 bits per heavy atom. The van der Waals surface area contributed by atoms with Crippen LogP contribution >= 0.6 is 0 Å². The number of benzene rings is 1. The van der Waals surface area contributed by atoms with Gasteiger partial charge in [-0.25, -0.2) is 9.37 Å². The number of pyridine rings is 1. The molecule has 0 unspecified atom stereocenters. The van der Waals surface area contributed by atoms with E-state index in [1.807, 2.05) is 0 Å². The minimum absolute atomic E-state index is 0.0187. The molecule has 1 N–H and O–H groups in total. The van der Waals surface area contributed by atoms with Crippen molar-refractivity contribution >= 4 is 17.4 Å². The van der Waals surface area contributed by atoms with Crippen molar-refractivity contribution in [3.8, 4) is 0 Å². The van der Waals surface area contributed by atoms with Gasteiger partial charge in [0.15, 0.2) is 5.82 Å². The average Bonchev–Trinajstić information content (AvgIpc) is 3.06. The second-order valence-electron chi connectivity index (χ2n) is 8.11. The second kappa shape index (κ2) is 8.69. The highest BCUT2D eigenvalue weighted by molar-refractivity contribution is 5.92. The molecule has 1 saturated carbocycles. The predicted octanol–water partition coefficient (Wildman–Crippen LogP) is 5.80. The molecule has 1 aliphatic rings. The van der Waals surface area contributed by atoms with Gasteiger partial charge in [0.2, 0.25) is 5.91 Å². The van der Waals surface area contributed by atoms with Gasteiger partial charge in [0.1, 0.15) is 11.5 Å². The molecule has 1 aliphatic carbocycles. The van der Waals surface area contributed by atoms with Crippen molar-refractivity contribution in [1.82, 2.24) is 9.38 Å². The summed E-state index contributed by atoms with van der Waals surface area (Å²) in [7, 11) is 0. The maximum absolute atomic E-state index is 13.3. The summed E-state index contributed by atoms with van der Waals surface area (Å²) >= 11 is 0. The first-order valence-electron chi connectivity index (χ1n) is 10.4. The number of rotatable bonds is 5. The van der Waals surface area contributed by atoms with Gasteiger partial charge in [-0.15, -0.1) is 0 Å². The molecule has 0 spiro atoms. The first-order chi connectivity index (χ1) is 14.8. The van der Waals surface area contributed by atoms with E-state index in [2.05, 4.69) is 10.3 Å². The van der Waals surface area contributed by atoms with Crippen LogP contribution in [-0.4, -0.2) is 15.3 Å². The summed E-state index contributed by atoms with van der Waals surface area (Å²) in [5.41, 5.74) is 0.818. The summed E-state index contributed by atoms with van der Waals surface area (Å²) in [6.07, 6.45) is 2.54. The van der Waals surface area contributed by atoms with E-state index in [4.69, 9.17) is 0 Å². The van der Waals surface area contributed by atoms with Gasteiger partial charge in [0.05, 0.1) is 17.7 Å². The van der Waals surface area contributed by atoms with Crippen LogP contribution in [0.1, 0.15) is 48.9 Å². The lowest BCUT2D eigenvalue weighted by Gasteiger charge is -2.22. The molecule has 0 radical (unpaired) electrons. The van der Waals surface area contributed by atoms with Gasteiger partial charge in [-0.3, -0.25) is 4.79 Å². The average molecular weight is 433 g/mol. The lowest BCUT2D eigenvalue weighted by molar-refractivity contribution is -0.137. The van der Waals surface area contributed by atoms with Crippen LogP contribution in [0.5, 0.6) is 0 Å². The Morgan fingerprint density at radius 1 is 1.06 bits per heavy atom. The number of aromatic nitrogens is 2. The summed E-state index contributed by atoms with van der Waals surface area (Å²) in [5, 5.41) is 2.76. The molecular weight excluding hydrogens is 410 g/mol. The molecule has 1 fully saturated rings. The zero-order valence-corrected chi connectivity index (χ0v) is 16.9. The number of alkyl halides is 3. The van der Waals surface area contributed by atoms with Gasteiger partial charge in [0.25, 0.3) is 0 Å². The molecular formula is C23H23F4N3O. The Hall–Kier alpha value is -2.90. The van der Waals surface area contributed by atoms with E-state index < -0.39 is 11.7 Å². The molecule has 4 nitrogen and oxygen atoms in total. The Kier molecular flexibility index (Phi) is 5.98. The summed E-state index contributed by atoms with van der Waals surface area (Å²) in [4.78, 5) is 17.0. The quantitative estimate of drug-likeness (QED) is 0.517. The van der Waals surface area contributed by atoms with Gasteiger partial charge in [-0.05, 0) is 42.2 Å². The maximum atomic E-state index is 13.3. The number of nitrogens with zero attached hydrogens (tertiary/aromatic N) is 2. The van der Waals surface area contributed by atoms with E-state index in [0.717, 1.165) is 37.9 Å². The van der Waals surface area contributed by atoms with Crippen molar-refractivity contribution in [2.45, 2.75) is 51.1 Å². The molecule has 164 valence electrons. The Bertz CT molecular complexity index is 1070. The van der Waals surface area contributed by atoms with Crippen LogP contribution in [0.25, 0.3) is 5.65 Å². The fourth-order valence-electron chi connectivity index (χ4n) is 4.18. The number of hydrogen-bond donors (Lipinski definition) is 1. The highest BCUT2D eigenvalue weighted by atomic mass is 19.4. The normalized spacial score (nSPS) is 15.4. The van der Waals surface area contributed by atoms with Crippen LogP contribution in [0.2, 0.25) is 0 Å². The minimum atomic E-state index is -4.47. The minimum Gasteiger partial charge on any atom is -0.309 e. The van der Waals surface area contributed by atoms with Crippen LogP contribution in [0.3, 0.4) is 0 Å². The summed E-state index contributed by atoms with van der Waals surface area (Å²) in [5.74, 6) is -0.108. The van der Waals surface area contributed by atoms with Crippen LogP contribution in [-0.2, 0) is 23.8 Å². The number of nitrogens with one attached hydrogen (secondary N) is 1. The molecule has 2 aromatic heterocycles. The number of halogens is 4. The Labute approximate surface area is 177 Å². The van der Waals surface area contributed by atoms with E-state index >= 15 is 0 Å². The lowest BCUT2D eigenvalue weighted by Crippen LogP contribution is -2.18. The number of imidazole rings is 1. The molecule has 0 bridgehead atoms. The number of fused-ring (bicyclic) bond motifs is 1. The largest absolute Gasteiger partial charge is 0.417 e. The summed E-state index contributed by atoms with van der Waals surface area (Å²) in [6.45, 7) is 0. The molecule has 3 aromatic rings. The highest BCUT2D eigenvalue weighted by Gasteiger charge is 2.31. The van der Waals surface area contributed by atoms with Crippen molar-refractivity contribution in [3.63, 3.8) is 0 Å². The van der Waals surface area contributed by atoms with Gasteiger partial charge in [-0.2, -0.15) is 13.2 Å². The Morgan fingerprint density at radius 2 is 1.77 bits per heavy atom. The van der Waals surface area contributed by atoms with Crippen LogP contribution in [0, 0.1) is 11.7 Å². The van der Waals surface area contributed by atoms with Gasteiger partial charge >= 0.3 is 6.18 Å². The fraction of sp³-hybridized carbons (Fsp3) is 0.391. The fourth-order valence-corrected chi connectivity index (χ4v) is 4.18. The standard InChI is InChI=1S/C23H23F4N3O/c24-18-9-6-16(7-10-18)13-21(31)29-22-19(12-15-4-2-1-3-5-15)30-14-17(23(25,26)27)8-11-20(30)28-22/h6-11,14-15H,1-5,12-13H2,(H,29,31). The molecule has 0 atom stereocenters. The van der Waals surface area contributed by atoms with Crippen molar-refractivity contribution in [1.29, 1.82) is 0 Å². The highest BCUT2D eigenvalue weighted by Crippen LogP contribution is 2.33. The van der Waals surface area contributed by atoms with Gasteiger partial charge < -0.3 is 9.72 Å². The van der Waals surface area contributed by atoms with Gasteiger partial charge in [0, 0.05) is 6.20 Å². The van der Waals surface area contributed by atoms with Crippen molar-refractivity contribution in [2.24, 2.45) is 5.92 Å². The van der Waals surface area contributed by atoms with Crippen molar-refractivity contribution in [2.75, 3.05) is 5.32 Å². The summed E-state index contributed by atoms with van der Waals surface area (Å²) in [6, 6.07) is 7.93. The molecule has 8 heteroatoms. The summed E-state index contributed by atoms with van der Waals surface area (Å²) < 4.78 is 54.3. The molecule has 0 saturated heterocycles. The third-order valence-corrected chi connectivity index (χ3v) is 5.79. The smallest absolute Gasteiger partial charge is 0.309 e. The van der Waals surface area contributed by atoms with Crippen LogP contribution < -0.4 is 5.32 Å². The number of carbonyl (C=O) groups is 1. The van der Waals surface area contributed by atoms with E-state index in [9.17, 15) is 22.4 Å². The lowest BCUT2D eigenvalue weighted by atomic mass is 9.86.